The molecule has 0 aliphatic carbocycles. The Morgan fingerprint density at radius 1 is 1.17 bits per heavy atom. The summed E-state index contributed by atoms with van der Waals surface area (Å²) in [5.41, 5.74) is 0.778. The number of carboxylic acid groups (broad SMARTS) is 1. The second-order valence-electron chi connectivity index (χ2n) is 6.86. The van der Waals surface area contributed by atoms with Gasteiger partial charge in [-0.2, -0.15) is 4.31 Å². The first-order valence-electron chi connectivity index (χ1n) is 9.70. The number of sulfonamides is 1. The number of hydrogen-bond acceptors (Lipinski definition) is 5. The highest BCUT2D eigenvalue weighted by atomic mass is 32.2. The van der Waals surface area contributed by atoms with Crippen LogP contribution in [0.5, 0.6) is 5.75 Å². The number of ether oxygens (including phenoxy) is 1. The zero-order valence-corrected chi connectivity index (χ0v) is 18.0. The van der Waals surface area contributed by atoms with Crippen molar-refractivity contribution in [2.45, 2.75) is 36.8 Å². The van der Waals surface area contributed by atoms with Gasteiger partial charge in [-0.15, -0.1) is 11.3 Å². The quantitative estimate of drug-likeness (QED) is 0.468. The highest BCUT2D eigenvalue weighted by molar-refractivity contribution is 7.91. The second kappa shape index (κ2) is 9.56. The zero-order chi connectivity index (χ0) is 20.9. The van der Waals surface area contributed by atoms with Gasteiger partial charge >= 0.3 is 5.97 Å². The van der Waals surface area contributed by atoms with Gasteiger partial charge in [0.2, 0.25) is 0 Å². The van der Waals surface area contributed by atoms with E-state index >= 15 is 0 Å². The minimum Gasteiger partial charge on any atom is -0.494 e. The van der Waals surface area contributed by atoms with Crippen LogP contribution in [0.1, 0.15) is 43.0 Å². The van der Waals surface area contributed by atoms with Gasteiger partial charge in [0.15, 0.2) is 0 Å². The molecule has 1 N–H and O–H groups in total. The van der Waals surface area contributed by atoms with Crippen molar-refractivity contribution in [2.75, 3.05) is 19.7 Å². The molecule has 3 rings (SSSR count). The molecule has 6 nitrogen and oxygen atoms in total. The Balaban J connectivity index is 1.81. The molecule has 1 aliphatic heterocycles. The van der Waals surface area contributed by atoms with Crippen LogP contribution in [0.2, 0.25) is 0 Å². The van der Waals surface area contributed by atoms with E-state index in [0.717, 1.165) is 42.8 Å². The van der Waals surface area contributed by atoms with Crippen molar-refractivity contribution < 1.29 is 23.1 Å². The average molecular weight is 436 g/mol. The summed E-state index contributed by atoms with van der Waals surface area (Å²) in [5.74, 6) is -0.358. The van der Waals surface area contributed by atoms with Crippen LogP contribution in [-0.2, 0) is 14.8 Å². The van der Waals surface area contributed by atoms with Crippen LogP contribution in [0.4, 0.5) is 0 Å². The first kappa shape index (κ1) is 21.5. The van der Waals surface area contributed by atoms with E-state index in [0.29, 0.717) is 30.1 Å². The molecule has 1 aromatic carbocycles. The predicted octanol–water partition coefficient (Wildman–Crippen LogP) is 4.34. The molecule has 0 radical (unpaired) electrons. The molecule has 1 aromatic heterocycles. The molecule has 1 fully saturated rings. The Labute approximate surface area is 175 Å². The fraction of sp³-hybridized carbons (Fsp3) is 0.381. The lowest BCUT2D eigenvalue weighted by atomic mass is 10.1. The Morgan fingerprint density at radius 2 is 1.86 bits per heavy atom. The Morgan fingerprint density at radius 3 is 2.48 bits per heavy atom. The maximum absolute atomic E-state index is 12.7. The molecule has 0 amide bonds. The molecule has 0 saturated carbocycles. The molecule has 156 valence electrons. The molecular weight excluding hydrogens is 410 g/mol. The van der Waals surface area contributed by atoms with Crippen LogP contribution < -0.4 is 4.74 Å². The van der Waals surface area contributed by atoms with Gasteiger partial charge in [0, 0.05) is 18.0 Å². The molecule has 2 heterocycles. The predicted molar refractivity (Wildman–Crippen MR) is 115 cm³/mol. The Bertz CT molecular complexity index is 971. The molecule has 1 saturated heterocycles. The highest BCUT2D eigenvalue weighted by Gasteiger charge is 2.29. The minimum absolute atomic E-state index is 0.0672. The molecule has 2 aromatic rings. The molecular formula is C21H25NO5S2. The fourth-order valence-electron chi connectivity index (χ4n) is 3.06. The van der Waals surface area contributed by atoms with E-state index in [4.69, 9.17) is 4.74 Å². The molecule has 0 unspecified atom stereocenters. The van der Waals surface area contributed by atoms with E-state index in [-0.39, 0.29) is 9.78 Å². The van der Waals surface area contributed by atoms with Crippen LogP contribution >= 0.6 is 11.3 Å². The summed E-state index contributed by atoms with van der Waals surface area (Å²) in [6, 6.07) is 10.3. The first-order valence-corrected chi connectivity index (χ1v) is 12.0. The van der Waals surface area contributed by atoms with Gasteiger partial charge in [0.05, 0.1) is 12.2 Å². The van der Waals surface area contributed by atoms with Crippen molar-refractivity contribution in [1.82, 2.24) is 4.31 Å². The summed E-state index contributed by atoms with van der Waals surface area (Å²) in [6.07, 6.45) is 5.30. The maximum atomic E-state index is 12.7. The van der Waals surface area contributed by atoms with Gasteiger partial charge < -0.3 is 9.84 Å². The molecule has 1 aliphatic rings. The first-order chi connectivity index (χ1) is 13.9. The SMILES string of the molecule is CCCCOc1ccc(/C=C(\C(=O)O)c2ccc(S(=O)(=O)N3CCCC3)s2)cc1. The number of aliphatic carboxylic acids is 1. The largest absolute Gasteiger partial charge is 0.494 e. The average Bonchev–Trinajstić information content (AvgIpc) is 3.40. The number of hydrogen-bond donors (Lipinski definition) is 1. The summed E-state index contributed by atoms with van der Waals surface area (Å²) in [5, 5.41) is 9.66. The van der Waals surface area contributed by atoms with Gasteiger partial charge in [-0.05, 0) is 55.2 Å². The van der Waals surface area contributed by atoms with Crippen molar-refractivity contribution in [2.24, 2.45) is 0 Å². The van der Waals surface area contributed by atoms with Gasteiger partial charge in [-0.25, -0.2) is 13.2 Å². The molecule has 0 bridgehead atoms. The van der Waals surface area contributed by atoms with E-state index in [1.807, 2.05) is 0 Å². The Kier molecular flexibility index (Phi) is 7.10. The van der Waals surface area contributed by atoms with Crippen molar-refractivity contribution >= 4 is 39.0 Å². The number of unbranched alkanes of at least 4 members (excludes halogenated alkanes) is 1. The third-order valence-corrected chi connectivity index (χ3v) is 8.18. The van der Waals surface area contributed by atoms with Gasteiger partial charge in [0.1, 0.15) is 9.96 Å². The van der Waals surface area contributed by atoms with E-state index in [2.05, 4.69) is 6.92 Å². The van der Waals surface area contributed by atoms with Gasteiger partial charge in [-0.1, -0.05) is 25.5 Å². The van der Waals surface area contributed by atoms with E-state index in [1.54, 1.807) is 36.4 Å². The molecule has 8 heteroatoms. The monoisotopic (exact) mass is 435 g/mol. The van der Waals surface area contributed by atoms with Crippen molar-refractivity contribution in [3.63, 3.8) is 0 Å². The van der Waals surface area contributed by atoms with Crippen molar-refractivity contribution in [3.8, 4) is 5.75 Å². The normalized spacial score (nSPS) is 15.6. The van der Waals surface area contributed by atoms with Crippen molar-refractivity contribution in [1.29, 1.82) is 0 Å². The lowest BCUT2D eigenvalue weighted by Crippen LogP contribution is -2.27. The number of carbonyl (C=O) groups is 1. The summed E-state index contributed by atoms with van der Waals surface area (Å²) in [6.45, 7) is 3.78. The van der Waals surface area contributed by atoms with Crippen LogP contribution in [0.15, 0.2) is 40.6 Å². The third-order valence-electron chi connectivity index (χ3n) is 4.69. The van der Waals surface area contributed by atoms with Crippen LogP contribution in [-0.4, -0.2) is 43.5 Å². The number of rotatable bonds is 9. The van der Waals surface area contributed by atoms with Crippen LogP contribution in [0.25, 0.3) is 11.6 Å². The van der Waals surface area contributed by atoms with E-state index < -0.39 is 16.0 Å². The maximum Gasteiger partial charge on any atom is 0.337 e. The third kappa shape index (κ3) is 5.26. The summed E-state index contributed by atoms with van der Waals surface area (Å²) in [7, 11) is -3.55. The molecule has 0 atom stereocenters. The van der Waals surface area contributed by atoms with E-state index in [1.165, 1.54) is 10.4 Å². The molecule has 0 spiro atoms. The van der Waals surface area contributed by atoms with Crippen LogP contribution in [0.3, 0.4) is 0 Å². The lowest BCUT2D eigenvalue weighted by Gasteiger charge is -2.13. The Hall–Kier alpha value is -2.16. The minimum atomic E-state index is -3.55. The summed E-state index contributed by atoms with van der Waals surface area (Å²) >= 11 is 0.996. The van der Waals surface area contributed by atoms with E-state index in [9.17, 15) is 18.3 Å². The zero-order valence-electron chi connectivity index (χ0n) is 16.3. The summed E-state index contributed by atoms with van der Waals surface area (Å²) in [4.78, 5) is 12.2. The van der Waals surface area contributed by atoms with Gasteiger partial charge in [-0.3, -0.25) is 0 Å². The van der Waals surface area contributed by atoms with Crippen molar-refractivity contribution in [3.05, 3.63) is 46.8 Å². The smallest absolute Gasteiger partial charge is 0.337 e. The number of nitrogens with zero attached hydrogens (tertiary/aromatic N) is 1. The summed E-state index contributed by atoms with van der Waals surface area (Å²) < 4.78 is 32.7. The topological polar surface area (TPSA) is 83.9 Å². The highest BCUT2D eigenvalue weighted by Crippen LogP contribution is 2.32. The lowest BCUT2D eigenvalue weighted by molar-refractivity contribution is -0.130. The van der Waals surface area contributed by atoms with Gasteiger partial charge in [0.25, 0.3) is 10.0 Å². The number of benzene rings is 1. The second-order valence-corrected chi connectivity index (χ2v) is 10.1. The fourth-order valence-corrected chi connectivity index (χ4v) is 6.04. The standard InChI is InChI=1S/C21H25NO5S2/c1-2-3-14-27-17-8-6-16(7-9-17)15-18(21(23)24)19-10-11-20(28-19)29(25,26)22-12-4-5-13-22/h6-11,15H,2-5,12-14H2,1H3,(H,23,24)/b18-15-. The molecule has 29 heavy (non-hydrogen) atoms. The number of thiophene rings is 1. The number of carboxylic acids is 1. The van der Waals surface area contributed by atoms with Crippen LogP contribution in [0, 0.1) is 0 Å².